The van der Waals surface area contributed by atoms with E-state index in [9.17, 15) is 4.79 Å². The normalized spacial score (nSPS) is 22.7. The van der Waals surface area contributed by atoms with Gasteiger partial charge in [0.1, 0.15) is 6.04 Å². The van der Waals surface area contributed by atoms with E-state index in [4.69, 9.17) is 5.73 Å². The van der Waals surface area contributed by atoms with Crippen LogP contribution in [-0.4, -0.2) is 46.8 Å². The molecule has 0 bridgehead atoms. The molecule has 100 valence electrons. The molecule has 2 unspecified atom stereocenters. The van der Waals surface area contributed by atoms with Gasteiger partial charge in [-0.15, -0.1) is 0 Å². The third-order valence-corrected chi connectivity index (χ3v) is 3.34. The van der Waals surface area contributed by atoms with E-state index in [1.165, 1.54) is 0 Å². The van der Waals surface area contributed by atoms with Gasteiger partial charge in [0.15, 0.2) is 0 Å². The summed E-state index contributed by atoms with van der Waals surface area (Å²) in [5.74, 6) is -0.122. The number of likely N-dealkylation sites (tertiary alicyclic amines) is 1. The van der Waals surface area contributed by atoms with Gasteiger partial charge in [-0.25, -0.2) is 0 Å². The monoisotopic (exact) mass is 251 g/mol. The summed E-state index contributed by atoms with van der Waals surface area (Å²) < 4.78 is 1.65. The van der Waals surface area contributed by atoms with Crippen molar-refractivity contribution in [1.29, 1.82) is 0 Å². The number of piperidine rings is 1. The van der Waals surface area contributed by atoms with Crippen molar-refractivity contribution in [1.82, 2.24) is 20.0 Å². The highest BCUT2D eigenvalue weighted by molar-refractivity contribution is 5.83. The zero-order valence-electron chi connectivity index (χ0n) is 11.0. The Balaban J connectivity index is 1.91. The van der Waals surface area contributed by atoms with Crippen molar-refractivity contribution in [2.45, 2.75) is 24.9 Å². The molecule has 2 rings (SSSR count). The highest BCUT2D eigenvalue weighted by Gasteiger charge is 2.23. The molecule has 1 aromatic rings. The van der Waals surface area contributed by atoms with E-state index >= 15 is 0 Å². The molecular formula is C12H21N5O. The van der Waals surface area contributed by atoms with Gasteiger partial charge in [-0.1, -0.05) is 0 Å². The van der Waals surface area contributed by atoms with Gasteiger partial charge in [-0.05, 0) is 26.4 Å². The first-order chi connectivity index (χ1) is 8.56. The fraction of sp³-hybridized carbons (Fsp3) is 0.667. The lowest BCUT2D eigenvalue weighted by atomic mass is 10.1. The molecule has 1 aliphatic rings. The molecule has 1 amide bonds. The number of likely N-dealkylation sites (N-methyl/N-ethyl adjacent to an activating group) is 1. The van der Waals surface area contributed by atoms with E-state index in [1.807, 2.05) is 7.05 Å². The van der Waals surface area contributed by atoms with Gasteiger partial charge in [0, 0.05) is 31.4 Å². The maximum atomic E-state index is 12.0. The molecule has 6 heteroatoms. The number of nitrogens with two attached hydrogens (primary N) is 1. The summed E-state index contributed by atoms with van der Waals surface area (Å²) in [6.45, 7) is 1.99. The molecule has 0 spiro atoms. The average molecular weight is 251 g/mol. The van der Waals surface area contributed by atoms with Crippen LogP contribution in [0.1, 0.15) is 24.4 Å². The Morgan fingerprint density at radius 2 is 2.39 bits per heavy atom. The van der Waals surface area contributed by atoms with Gasteiger partial charge < -0.3 is 16.0 Å². The highest BCUT2D eigenvalue weighted by atomic mass is 16.2. The number of carbonyl (C=O) groups is 1. The minimum absolute atomic E-state index is 0.122. The van der Waals surface area contributed by atoms with Gasteiger partial charge in [-0.3, -0.25) is 9.48 Å². The van der Waals surface area contributed by atoms with Crippen LogP contribution in [-0.2, 0) is 11.8 Å². The number of aromatic nitrogens is 2. The Hall–Kier alpha value is -1.40. The quantitative estimate of drug-likeness (QED) is 0.768. The summed E-state index contributed by atoms with van der Waals surface area (Å²) in [7, 11) is 3.88. The number of hydrogen-bond acceptors (Lipinski definition) is 4. The molecule has 0 saturated carbocycles. The molecule has 1 aromatic heterocycles. The zero-order chi connectivity index (χ0) is 13.1. The Bertz CT molecular complexity index is 416. The summed E-state index contributed by atoms with van der Waals surface area (Å²) >= 11 is 0. The number of nitrogens with zero attached hydrogens (tertiary/aromatic N) is 3. The van der Waals surface area contributed by atoms with Gasteiger partial charge in [-0.2, -0.15) is 5.10 Å². The third-order valence-electron chi connectivity index (χ3n) is 3.34. The number of amides is 1. The predicted octanol–water partition coefficient (Wildman–Crippen LogP) is -0.370. The molecule has 1 saturated heterocycles. The maximum absolute atomic E-state index is 12.0. The van der Waals surface area contributed by atoms with Crippen molar-refractivity contribution in [3.63, 3.8) is 0 Å². The van der Waals surface area contributed by atoms with Crippen molar-refractivity contribution in [2.24, 2.45) is 12.8 Å². The summed E-state index contributed by atoms with van der Waals surface area (Å²) in [5.41, 5.74) is 6.67. The van der Waals surface area contributed by atoms with E-state index in [2.05, 4.69) is 22.4 Å². The molecule has 3 N–H and O–H groups in total. The van der Waals surface area contributed by atoms with Crippen LogP contribution in [0.25, 0.3) is 0 Å². The molecule has 0 radical (unpaired) electrons. The Morgan fingerprint density at radius 1 is 1.61 bits per heavy atom. The topological polar surface area (TPSA) is 76.2 Å². The number of hydrogen-bond donors (Lipinski definition) is 2. The van der Waals surface area contributed by atoms with Gasteiger partial charge >= 0.3 is 0 Å². The standard InChI is InChI=1S/C12H21N5O/c1-16-5-3-4-10(8-16)15-12(18)11(13)9-6-14-17(2)7-9/h6-7,10-11H,3-5,8,13H2,1-2H3,(H,15,18). The van der Waals surface area contributed by atoms with Crippen molar-refractivity contribution in [2.75, 3.05) is 20.1 Å². The Labute approximate surface area is 107 Å². The molecule has 0 aliphatic carbocycles. The van der Waals surface area contributed by atoms with Crippen LogP contribution < -0.4 is 11.1 Å². The zero-order valence-corrected chi connectivity index (χ0v) is 11.0. The Kier molecular flexibility index (Phi) is 3.98. The van der Waals surface area contributed by atoms with E-state index in [1.54, 1.807) is 17.1 Å². The fourth-order valence-corrected chi connectivity index (χ4v) is 2.33. The second-order valence-corrected chi connectivity index (χ2v) is 5.03. The Morgan fingerprint density at radius 3 is 3.00 bits per heavy atom. The van der Waals surface area contributed by atoms with Crippen LogP contribution in [0.15, 0.2) is 12.4 Å². The lowest BCUT2D eigenvalue weighted by Crippen LogP contribution is -2.48. The van der Waals surface area contributed by atoms with Crippen LogP contribution in [0.3, 0.4) is 0 Å². The molecule has 1 fully saturated rings. The van der Waals surface area contributed by atoms with Gasteiger partial charge in [0.05, 0.1) is 6.20 Å². The number of carbonyl (C=O) groups excluding carboxylic acids is 1. The second-order valence-electron chi connectivity index (χ2n) is 5.03. The first-order valence-corrected chi connectivity index (χ1v) is 6.29. The predicted molar refractivity (Wildman–Crippen MR) is 68.8 cm³/mol. The summed E-state index contributed by atoms with van der Waals surface area (Å²) in [6.07, 6.45) is 5.55. The van der Waals surface area contributed by atoms with Gasteiger partial charge in [0.25, 0.3) is 0 Å². The minimum Gasteiger partial charge on any atom is -0.350 e. The average Bonchev–Trinajstić information content (AvgIpc) is 2.75. The van der Waals surface area contributed by atoms with E-state index < -0.39 is 6.04 Å². The first-order valence-electron chi connectivity index (χ1n) is 6.29. The van der Waals surface area contributed by atoms with Gasteiger partial charge in [0.2, 0.25) is 5.91 Å². The first kappa shape index (κ1) is 13.0. The number of nitrogens with one attached hydrogen (secondary N) is 1. The smallest absolute Gasteiger partial charge is 0.241 e. The van der Waals surface area contributed by atoms with Crippen molar-refractivity contribution in [3.05, 3.63) is 18.0 Å². The van der Waals surface area contributed by atoms with E-state index in [0.29, 0.717) is 0 Å². The fourth-order valence-electron chi connectivity index (χ4n) is 2.33. The number of aryl methyl sites for hydroxylation is 1. The minimum atomic E-state index is -0.633. The van der Waals surface area contributed by atoms with Crippen LogP contribution in [0.4, 0.5) is 0 Å². The molecule has 6 nitrogen and oxygen atoms in total. The highest BCUT2D eigenvalue weighted by Crippen LogP contribution is 2.12. The SMILES string of the molecule is CN1CCCC(NC(=O)C(N)c2cnn(C)c2)C1. The molecule has 2 heterocycles. The maximum Gasteiger partial charge on any atom is 0.241 e. The van der Waals surface area contributed by atoms with Crippen LogP contribution in [0.2, 0.25) is 0 Å². The third kappa shape index (κ3) is 3.08. The van der Waals surface area contributed by atoms with Crippen LogP contribution in [0.5, 0.6) is 0 Å². The van der Waals surface area contributed by atoms with Crippen LogP contribution >= 0.6 is 0 Å². The van der Waals surface area contributed by atoms with Crippen molar-refractivity contribution in [3.8, 4) is 0 Å². The van der Waals surface area contributed by atoms with Crippen molar-refractivity contribution >= 4 is 5.91 Å². The summed E-state index contributed by atoms with van der Waals surface area (Å²) in [5, 5.41) is 7.04. The summed E-state index contributed by atoms with van der Waals surface area (Å²) in [6, 6.07) is -0.426. The molecule has 2 atom stereocenters. The van der Waals surface area contributed by atoms with E-state index in [-0.39, 0.29) is 11.9 Å². The summed E-state index contributed by atoms with van der Waals surface area (Å²) in [4.78, 5) is 14.3. The molecular weight excluding hydrogens is 230 g/mol. The molecule has 1 aliphatic heterocycles. The van der Waals surface area contributed by atoms with Crippen molar-refractivity contribution < 1.29 is 4.79 Å². The second kappa shape index (κ2) is 5.49. The van der Waals surface area contributed by atoms with Crippen LogP contribution in [0, 0.1) is 0 Å². The molecule has 18 heavy (non-hydrogen) atoms. The lowest BCUT2D eigenvalue weighted by Gasteiger charge is -2.30. The van der Waals surface area contributed by atoms with E-state index in [0.717, 1.165) is 31.5 Å². The molecule has 0 aromatic carbocycles. The number of rotatable bonds is 3. The lowest BCUT2D eigenvalue weighted by molar-refractivity contribution is -0.123. The largest absolute Gasteiger partial charge is 0.350 e.